The molecule has 0 aliphatic heterocycles. The quantitative estimate of drug-likeness (QED) is 0.847. The van der Waals surface area contributed by atoms with Crippen molar-refractivity contribution in [2.24, 2.45) is 17.8 Å². The topological polar surface area (TPSA) is 37.3 Å². The van der Waals surface area contributed by atoms with Gasteiger partial charge in [-0.3, -0.25) is 4.79 Å². The maximum absolute atomic E-state index is 11.7. The van der Waals surface area contributed by atoms with Crippen molar-refractivity contribution >= 4 is 17.6 Å². The van der Waals surface area contributed by atoms with E-state index in [2.05, 4.69) is 6.92 Å². The first-order chi connectivity index (χ1) is 9.63. The number of hydrogen-bond acceptors (Lipinski definition) is 1. The predicted octanol–water partition coefficient (Wildman–Crippen LogP) is 4.80. The maximum atomic E-state index is 11.7. The Bertz CT molecular complexity index is 458. The molecule has 2 rings (SSSR count). The third-order valence-electron chi connectivity index (χ3n) is 4.72. The molecule has 1 aromatic carbocycles. The van der Waals surface area contributed by atoms with Gasteiger partial charge in [-0.1, -0.05) is 62.4 Å². The third kappa shape index (κ3) is 3.54. The van der Waals surface area contributed by atoms with Gasteiger partial charge in [0.15, 0.2) is 0 Å². The summed E-state index contributed by atoms with van der Waals surface area (Å²) in [5, 5.41) is 10.3. The van der Waals surface area contributed by atoms with E-state index in [9.17, 15) is 9.90 Å². The Labute approximate surface area is 126 Å². The van der Waals surface area contributed by atoms with Gasteiger partial charge in [-0.2, -0.15) is 0 Å². The molecule has 0 spiro atoms. The van der Waals surface area contributed by atoms with Gasteiger partial charge in [0.25, 0.3) is 0 Å². The lowest BCUT2D eigenvalue weighted by Gasteiger charge is -2.35. The molecule has 2 nitrogen and oxygen atoms in total. The highest BCUT2D eigenvalue weighted by atomic mass is 35.5. The molecule has 0 amide bonds. The van der Waals surface area contributed by atoms with Crippen LogP contribution in [0.15, 0.2) is 24.3 Å². The lowest BCUT2D eigenvalue weighted by atomic mass is 9.70. The van der Waals surface area contributed by atoms with Gasteiger partial charge in [-0.05, 0) is 36.3 Å². The fraction of sp³-hybridized carbons (Fsp3) is 0.588. The van der Waals surface area contributed by atoms with Crippen LogP contribution in [0.1, 0.15) is 44.6 Å². The number of carbonyl (C=O) groups is 1. The number of carboxylic acids is 1. The molecule has 1 aliphatic carbocycles. The second-order valence-corrected chi connectivity index (χ2v) is 6.26. The third-order valence-corrected chi connectivity index (χ3v) is 5.09. The second-order valence-electron chi connectivity index (χ2n) is 5.86. The van der Waals surface area contributed by atoms with Crippen LogP contribution in [0.5, 0.6) is 0 Å². The van der Waals surface area contributed by atoms with Crippen LogP contribution in [-0.4, -0.2) is 11.1 Å². The molecule has 0 bridgehead atoms. The van der Waals surface area contributed by atoms with Crippen molar-refractivity contribution in [2.45, 2.75) is 45.4 Å². The van der Waals surface area contributed by atoms with Crippen LogP contribution in [0.4, 0.5) is 0 Å². The smallest absolute Gasteiger partial charge is 0.307 e. The zero-order valence-corrected chi connectivity index (χ0v) is 12.8. The number of aliphatic carboxylic acids is 1. The molecular weight excluding hydrogens is 272 g/mol. The number of hydrogen-bond donors (Lipinski definition) is 1. The SMILES string of the molecule is CCC1CCCCC1C(Cc1ccccc1Cl)C(=O)O. The lowest BCUT2D eigenvalue weighted by Crippen LogP contribution is -2.33. The van der Waals surface area contributed by atoms with E-state index in [-0.39, 0.29) is 5.92 Å². The predicted molar refractivity (Wildman–Crippen MR) is 82.0 cm³/mol. The molecule has 20 heavy (non-hydrogen) atoms. The fourth-order valence-electron chi connectivity index (χ4n) is 3.60. The number of benzene rings is 1. The molecule has 0 radical (unpaired) electrons. The van der Waals surface area contributed by atoms with Crippen molar-refractivity contribution in [1.29, 1.82) is 0 Å². The first-order valence-corrected chi connectivity index (χ1v) is 7.97. The van der Waals surface area contributed by atoms with Gasteiger partial charge in [0.2, 0.25) is 0 Å². The molecular formula is C17H23ClO2. The Morgan fingerprint density at radius 1 is 1.35 bits per heavy atom. The van der Waals surface area contributed by atoms with E-state index in [1.54, 1.807) is 0 Å². The first-order valence-electron chi connectivity index (χ1n) is 7.59. The summed E-state index contributed by atoms with van der Waals surface area (Å²) in [6.07, 6.45) is 6.25. The number of carboxylic acid groups (broad SMARTS) is 1. The highest BCUT2D eigenvalue weighted by Crippen LogP contribution is 2.39. The van der Waals surface area contributed by atoms with Crippen LogP contribution in [0, 0.1) is 17.8 Å². The Morgan fingerprint density at radius 3 is 2.70 bits per heavy atom. The van der Waals surface area contributed by atoms with Crippen molar-refractivity contribution in [2.75, 3.05) is 0 Å². The molecule has 3 atom stereocenters. The largest absolute Gasteiger partial charge is 0.481 e. The number of rotatable bonds is 5. The summed E-state index contributed by atoms with van der Waals surface area (Å²) in [7, 11) is 0. The average molecular weight is 295 g/mol. The standard InChI is InChI=1S/C17H23ClO2/c1-2-12-7-3-5-9-14(12)15(17(19)20)11-13-8-4-6-10-16(13)18/h4,6,8,10,12,14-15H,2-3,5,7,9,11H2,1H3,(H,19,20). The van der Waals surface area contributed by atoms with E-state index in [4.69, 9.17) is 11.6 Å². The highest BCUT2D eigenvalue weighted by molar-refractivity contribution is 6.31. The van der Waals surface area contributed by atoms with Crippen LogP contribution in [0.25, 0.3) is 0 Å². The zero-order chi connectivity index (χ0) is 14.5. The maximum Gasteiger partial charge on any atom is 0.307 e. The van der Waals surface area contributed by atoms with E-state index in [0.29, 0.717) is 23.3 Å². The molecule has 1 N–H and O–H groups in total. The van der Waals surface area contributed by atoms with Crippen LogP contribution in [0.3, 0.4) is 0 Å². The summed E-state index contributed by atoms with van der Waals surface area (Å²) in [6.45, 7) is 2.18. The van der Waals surface area contributed by atoms with Gasteiger partial charge in [0.1, 0.15) is 0 Å². The van der Waals surface area contributed by atoms with E-state index < -0.39 is 5.97 Å². The van der Waals surface area contributed by atoms with Crippen LogP contribution < -0.4 is 0 Å². The molecule has 1 fully saturated rings. The molecule has 0 aromatic heterocycles. The van der Waals surface area contributed by atoms with Gasteiger partial charge in [0.05, 0.1) is 5.92 Å². The Morgan fingerprint density at radius 2 is 2.05 bits per heavy atom. The van der Waals surface area contributed by atoms with Crippen molar-refractivity contribution in [1.82, 2.24) is 0 Å². The molecule has 1 saturated carbocycles. The van der Waals surface area contributed by atoms with Gasteiger partial charge in [0, 0.05) is 5.02 Å². The Hall–Kier alpha value is -1.02. The molecule has 110 valence electrons. The van der Waals surface area contributed by atoms with Gasteiger partial charge < -0.3 is 5.11 Å². The summed E-state index contributed by atoms with van der Waals surface area (Å²) in [4.78, 5) is 11.7. The Balaban J connectivity index is 2.18. The Kier molecular flexibility index (Phi) is 5.47. The van der Waals surface area contributed by atoms with Gasteiger partial charge >= 0.3 is 5.97 Å². The van der Waals surface area contributed by atoms with Gasteiger partial charge in [-0.25, -0.2) is 0 Å². The molecule has 0 saturated heterocycles. The van der Waals surface area contributed by atoms with E-state index in [1.807, 2.05) is 24.3 Å². The van der Waals surface area contributed by atoms with Crippen molar-refractivity contribution < 1.29 is 9.90 Å². The molecule has 0 heterocycles. The molecule has 1 aliphatic rings. The summed E-state index contributed by atoms with van der Waals surface area (Å²) < 4.78 is 0. The van der Waals surface area contributed by atoms with E-state index in [0.717, 1.165) is 24.8 Å². The van der Waals surface area contributed by atoms with Crippen LogP contribution >= 0.6 is 11.6 Å². The molecule has 3 unspecified atom stereocenters. The first kappa shape index (κ1) is 15.4. The summed E-state index contributed by atoms with van der Waals surface area (Å²) in [6, 6.07) is 7.60. The highest BCUT2D eigenvalue weighted by Gasteiger charge is 2.35. The van der Waals surface area contributed by atoms with Crippen molar-refractivity contribution in [3.8, 4) is 0 Å². The van der Waals surface area contributed by atoms with Crippen LogP contribution in [0.2, 0.25) is 5.02 Å². The minimum atomic E-state index is -0.671. The zero-order valence-electron chi connectivity index (χ0n) is 12.0. The van der Waals surface area contributed by atoms with Crippen molar-refractivity contribution in [3.05, 3.63) is 34.9 Å². The van der Waals surface area contributed by atoms with Gasteiger partial charge in [-0.15, -0.1) is 0 Å². The molecule has 1 aromatic rings. The van der Waals surface area contributed by atoms with E-state index in [1.165, 1.54) is 12.8 Å². The minimum Gasteiger partial charge on any atom is -0.481 e. The second kappa shape index (κ2) is 7.12. The normalized spacial score (nSPS) is 24.3. The lowest BCUT2D eigenvalue weighted by molar-refractivity contribution is -0.145. The summed E-state index contributed by atoms with van der Waals surface area (Å²) in [5.41, 5.74) is 0.960. The minimum absolute atomic E-state index is 0.294. The summed E-state index contributed by atoms with van der Waals surface area (Å²) in [5.74, 6) is -0.134. The van der Waals surface area contributed by atoms with E-state index >= 15 is 0 Å². The molecule has 3 heteroatoms. The fourth-order valence-corrected chi connectivity index (χ4v) is 3.81. The van der Waals surface area contributed by atoms with Crippen LogP contribution in [-0.2, 0) is 11.2 Å². The average Bonchev–Trinajstić information content (AvgIpc) is 2.46. The summed E-state index contributed by atoms with van der Waals surface area (Å²) >= 11 is 6.19. The number of halogens is 1. The monoisotopic (exact) mass is 294 g/mol. The van der Waals surface area contributed by atoms with Crippen molar-refractivity contribution in [3.63, 3.8) is 0 Å².